The number of nitrogens with zero attached hydrogens (tertiary/aromatic N) is 2. The van der Waals surface area contributed by atoms with Gasteiger partial charge in [0.1, 0.15) is 0 Å². The Morgan fingerprint density at radius 2 is 2.10 bits per heavy atom. The molecule has 1 aromatic carbocycles. The average Bonchev–Trinajstić information content (AvgIpc) is 2.36. The molecule has 1 fully saturated rings. The number of benzene rings is 1. The van der Waals surface area contributed by atoms with E-state index in [-0.39, 0.29) is 22.4 Å². The Balaban J connectivity index is 2.36. The van der Waals surface area contributed by atoms with Crippen molar-refractivity contribution in [2.24, 2.45) is 5.41 Å². The van der Waals surface area contributed by atoms with Crippen LogP contribution in [0, 0.1) is 15.5 Å². The van der Waals surface area contributed by atoms with Gasteiger partial charge in [0.2, 0.25) is 0 Å². The van der Waals surface area contributed by atoms with E-state index in [1.165, 1.54) is 13.0 Å². The van der Waals surface area contributed by atoms with Gasteiger partial charge in [0.25, 0.3) is 5.69 Å². The summed E-state index contributed by atoms with van der Waals surface area (Å²) in [5, 5.41) is 11.1. The van der Waals surface area contributed by atoms with Gasteiger partial charge in [-0.3, -0.25) is 14.9 Å². The summed E-state index contributed by atoms with van der Waals surface area (Å²) in [6.45, 7) is 7.55. The zero-order valence-electron chi connectivity index (χ0n) is 12.2. The highest BCUT2D eigenvalue weighted by molar-refractivity contribution is 5.98. The fourth-order valence-corrected chi connectivity index (χ4v) is 2.81. The Labute approximate surface area is 118 Å². The van der Waals surface area contributed by atoms with E-state index in [0.717, 1.165) is 31.6 Å². The lowest BCUT2D eigenvalue weighted by Crippen LogP contribution is -2.40. The number of hydrogen-bond donors (Lipinski definition) is 0. The SMILES string of the molecule is CC(=O)c1ccc(N2CCCC(C)(C)C2)cc1[N+](=O)[O-]. The zero-order valence-corrected chi connectivity index (χ0v) is 12.2. The summed E-state index contributed by atoms with van der Waals surface area (Å²) in [6.07, 6.45) is 2.24. The maximum Gasteiger partial charge on any atom is 0.282 e. The van der Waals surface area contributed by atoms with Gasteiger partial charge < -0.3 is 4.90 Å². The first kappa shape index (κ1) is 14.5. The third kappa shape index (κ3) is 2.98. The van der Waals surface area contributed by atoms with Gasteiger partial charge in [-0.25, -0.2) is 0 Å². The number of rotatable bonds is 3. The monoisotopic (exact) mass is 276 g/mol. The van der Waals surface area contributed by atoms with Crippen LogP contribution in [0.5, 0.6) is 0 Å². The standard InChI is InChI=1S/C15H20N2O3/c1-11(18)13-6-5-12(9-14(13)17(19)20)16-8-4-7-15(2,3)10-16/h5-6,9H,4,7-8,10H2,1-3H3. The maximum absolute atomic E-state index is 11.4. The summed E-state index contributed by atoms with van der Waals surface area (Å²) in [7, 11) is 0. The molecule has 5 heteroatoms. The fraction of sp³-hybridized carbons (Fsp3) is 0.533. The average molecular weight is 276 g/mol. The molecule has 0 bridgehead atoms. The lowest BCUT2D eigenvalue weighted by molar-refractivity contribution is -0.385. The van der Waals surface area contributed by atoms with Crippen molar-refractivity contribution >= 4 is 17.2 Å². The Hall–Kier alpha value is -1.91. The van der Waals surface area contributed by atoms with Crippen molar-refractivity contribution in [3.63, 3.8) is 0 Å². The molecule has 0 aromatic heterocycles. The van der Waals surface area contributed by atoms with Gasteiger partial charge >= 0.3 is 0 Å². The first-order valence-corrected chi connectivity index (χ1v) is 6.84. The molecule has 108 valence electrons. The second-order valence-electron chi connectivity index (χ2n) is 6.20. The second-order valence-corrected chi connectivity index (χ2v) is 6.20. The van der Waals surface area contributed by atoms with Gasteiger partial charge in [-0.2, -0.15) is 0 Å². The molecule has 5 nitrogen and oxygen atoms in total. The summed E-state index contributed by atoms with van der Waals surface area (Å²) in [5.41, 5.74) is 1.12. The topological polar surface area (TPSA) is 63.5 Å². The number of nitro benzene ring substituents is 1. The molecule has 1 aliphatic rings. The number of carbonyl (C=O) groups is 1. The first-order chi connectivity index (χ1) is 9.30. The number of ketones is 1. The predicted molar refractivity (Wildman–Crippen MR) is 78.3 cm³/mol. The largest absolute Gasteiger partial charge is 0.371 e. The molecule has 1 heterocycles. The van der Waals surface area contributed by atoms with Gasteiger partial charge in [-0.1, -0.05) is 13.8 Å². The Bertz CT molecular complexity index is 552. The third-order valence-electron chi connectivity index (χ3n) is 3.82. The molecule has 0 atom stereocenters. The number of anilines is 1. The molecule has 0 spiro atoms. The van der Waals surface area contributed by atoms with Crippen LogP contribution in [0.3, 0.4) is 0 Å². The first-order valence-electron chi connectivity index (χ1n) is 6.84. The molecule has 0 unspecified atom stereocenters. The van der Waals surface area contributed by atoms with E-state index in [0.29, 0.717) is 0 Å². The smallest absolute Gasteiger partial charge is 0.282 e. The highest BCUT2D eigenvalue weighted by atomic mass is 16.6. The molecule has 2 rings (SSSR count). The molecule has 1 aliphatic heterocycles. The van der Waals surface area contributed by atoms with Crippen molar-refractivity contribution in [3.8, 4) is 0 Å². The van der Waals surface area contributed by atoms with Crippen molar-refractivity contribution in [3.05, 3.63) is 33.9 Å². The maximum atomic E-state index is 11.4. The van der Waals surface area contributed by atoms with E-state index in [1.807, 2.05) is 6.07 Å². The van der Waals surface area contributed by atoms with E-state index >= 15 is 0 Å². The van der Waals surface area contributed by atoms with Crippen LogP contribution < -0.4 is 4.90 Å². The molecule has 0 N–H and O–H groups in total. The molecule has 1 saturated heterocycles. The highest BCUT2D eigenvalue weighted by Gasteiger charge is 2.28. The summed E-state index contributed by atoms with van der Waals surface area (Å²) in [6, 6.07) is 4.90. The molecule has 0 amide bonds. The zero-order chi connectivity index (χ0) is 14.9. The molecule has 0 saturated carbocycles. The minimum atomic E-state index is -0.477. The van der Waals surface area contributed by atoms with Crippen molar-refractivity contribution in [2.75, 3.05) is 18.0 Å². The number of piperidine rings is 1. The van der Waals surface area contributed by atoms with E-state index in [2.05, 4.69) is 18.7 Å². The van der Waals surface area contributed by atoms with E-state index in [9.17, 15) is 14.9 Å². The highest BCUT2D eigenvalue weighted by Crippen LogP contribution is 2.33. The summed E-state index contributed by atoms with van der Waals surface area (Å²) < 4.78 is 0. The van der Waals surface area contributed by atoms with Crippen molar-refractivity contribution < 1.29 is 9.72 Å². The molecule has 20 heavy (non-hydrogen) atoms. The summed E-state index contributed by atoms with van der Waals surface area (Å²) >= 11 is 0. The van der Waals surface area contributed by atoms with Crippen LogP contribution in [0.15, 0.2) is 18.2 Å². The van der Waals surface area contributed by atoms with Crippen molar-refractivity contribution in [2.45, 2.75) is 33.6 Å². The van der Waals surface area contributed by atoms with Crippen LogP contribution in [-0.2, 0) is 0 Å². The van der Waals surface area contributed by atoms with Gasteiger partial charge in [0.15, 0.2) is 5.78 Å². The molecule has 0 radical (unpaired) electrons. The van der Waals surface area contributed by atoms with Crippen LogP contribution in [-0.4, -0.2) is 23.8 Å². The molecule has 0 aliphatic carbocycles. The van der Waals surface area contributed by atoms with Crippen LogP contribution in [0.4, 0.5) is 11.4 Å². The van der Waals surface area contributed by atoms with Crippen LogP contribution in [0.25, 0.3) is 0 Å². The van der Waals surface area contributed by atoms with Crippen LogP contribution in [0.1, 0.15) is 44.0 Å². The van der Waals surface area contributed by atoms with Crippen molar-refractivity contribution in [1.82, 2.24) is 0 Å². The van der Waals surface area contributed by atoms with Gasteiger partial charge in [0.05, 0.1) is 10.5 Å². The summed E-state index contributed by atoms with van der Waals surface area (Å²) in [5.74, 6) is -0.276. The number of hydrogen-bond acceptors (Lipinski definition) is 4. The minimum Gasteiger partial charge on any atom is -0.371 e. The Morgan fingerprint density at radius 1 is 1.40 bits per heavy atom. The van der Waals surface area contributed by atoms with Gasteiger partial charge in [-0.15, -0.1) is 0 Å². The third-order valence-corrected chi connectivity index (χ3v) is 3.82. The summed E-state index contributed by atoms with van der Waals surface area (Å²) in [4.78, 5) is 24.3. The Morgan fingerprint density at radius 3 is 2.65 bits per heavy atom. The fourth-order valence-electron chi connectivity index (χ4n) is 2.81. The van der Waals surface area contributed by atoms with Crippen molar-refractivity contribution in [1.29, 1.82) is 0 Å². The lowest BCUT2D eigenvalue weighted by atomic mass is 9.84. The van der Waals surface area contributed by atoms with E-state index < -0.39 is 4.92 Å². The normalized spacial score (nSPS) is 17.9. The van der Waals surface area contributed by atoms with Gasteiger partial charge in [0, 0.05) is 24.8 Å². The van der Waals surface area contributed by atoms with Crippen LogP contribution in [0.2, 0.25) is 0 Å². The molecular formula is C15H20N2O3. The number of carbonyl (C=O) groups excluding carboxylic acids is 1. The van der Waals surface area contributed by atoms with Gasteiger partial charge in [-0.05, 0) is 37.3 Å². The Kier molecular flexibility index (Phi) is 3.79. The van der Waals surface area contributed by atoms with E-state index in [4.69, 9.17) is 0 Å². The second kappa shape index (κ2) is 5.23. The van der Waals surface area contributed by atoms with E-state index in [1.54, 1.807) is 6.07 Å². The predicted octanol–water partition coefficient (Wildman–Crippen LogP) is 3.42. The molecular weight excluding hydrogens is 256 g/mol. The lowest BCUT2D eigenvalue weighted by Gasteiger charge is -2.39. The molecule has 1 aromatic rings. The number of Topliss-reactive ketones (excluding diaryl/α,β-unsaturated/α-hetero) is 1. The number of nitro groups is 1. The minimum absolute atomic E-state index is 0.0987. The quantitative estimate of drug-likeness (QED) is 0.482. The van der Waals surface area contributed by atoms with Crippen LogP contribution >= 0.6 is 0 Å².